The van der Waals surface area contributed by atoms with Crippen LogP contribution >= 0.6 is 15.9 Å². The quantitative estimate of drug-likeness (QED) is 0.587. The fourth-order valence-corrected chi connectivity index (χ4v) is 3.97. The third-order valence-corrected chi connectivity index (χ3v) is 5.67. The van der Waals surface area contributed by atoms with Crippen molar-refractivity contribution in [1.82, 2.24) is 15.1 Å². The van der Waals surface area contributed by atoms with Crippen LogP contribution in [0.15, 0.2) is 76.0 Å². The summed E-state index contributed by atoms with van der Waals surface area (Å²) in [5.74, 6) is -0.698. The average Bonchev–Trinajstić information content (AvgIpc) is 3.17. The van der Waals surface area contributed by atoms with Crippen LogP contribution in [0.25, 0.3) is 11.3 Å². The van der Waals surface area contributed by atoms with Gasteiger partial charge in [0.2, 0.25) is 11.8 Å². The highest BCUT2D eigenvalue weighted by Crippen LogP contribution is 2.27. The van der Waals surface area contributed by atoms with Crippen molar-refractivity contribution in [3.8, 4) is 11.3 Å². The van der Waals surface area contributed by atoms with E-state index in [-0.39, 0.29) is 36.9 Å². The maximum atomic E-state index is 12.6. The fourth-order valence-electron chi connectivity index (χ4n) is 3.58. The summed E-state index contributed by atoms with van der Waals surface area (Å²) in [5, 5.41) is 7.23. The first kappa shape index (κ1) is 21.0. The summed E-state index contributed by atoms with van der Waals surface area (Å²) in [6.07, 6.45) is 0.167. The number of benzene rings is 2. The smallest absolute Gasteiger partial charge is 0.266 e. The van der Waals surface area contributed by atoms with Crippen LogP contribution in [-0.2, 0) is 16.1 Å². The van der Waals surface area contributed by atoms with Gasteiger partial charge in [-0.2, -0.15) is 5.10 Å². The fraction of sp³-hybridized carbons (Fsp3) is 0.217. The first-order valence-corrected chi connectivity index (χ1v) is 10.8. The monoisotopic (exact) mass is 480 g/mol. The zero-order chi connectivity index (χ0) is 21.8. The Balaban J connectivity index is 1.36. The maximum absolute atomic E-state index is 12.6. The predicted molar refractivity (Wildman–Crippen MR) is 122 cm³/mol. The molecular weight excluding hydrogens is 460 g/mol. The summed E-state index contributed by atoms with van der Waals surface area (Å²) in [7, 11) is 0. The molecule has 3 aromatic rings. The van der Waals surface area contributed by atoms with Crippen molar-refractivity contribution < 1.29 is 9.59 Å². The normalized spacial score (nSPS) is 15.8. The van der Waals surface area contributed by atoms with Crippen molar-refractivity contribution in [2.24, 2.45) is 5.92 Å². The van der Waals surface area contributed by atoms with Gasteiger partial charge in [0.25, 0.3) is 5.56 Å². The molecule has 0 bridgehead atoms. The minimum Gasteiger partial charge on any atom is -0.354 e. The Hall–Kier alpha value is -3.26. The van der Waals surface area contributed by atoms with E-state index in [0.29, 0.717) is 12.2 Å². The number of amides is 2. The Labute approximate surface area is 187 Å². The largest absolute Gasteiger partial charge is 0.354 e. The van der Waals surface area contributed by atoms with Gasteiger partial charge in [-0.1, -0.05) is 52.3 Å². The lowest BCUT2D eigenvalue weighted by atomic mass is 10.1. The van der Waals surface area contributed by atoms with Gasteiger partial charge in [0.05, 0.1) is 18.2 Å². The molecule has 158 valence electrons. The zero-order valence-corrected chi connectivity index (χ0v) is 18.3. The first-order valence-electron chi connectivity index (χ1n) is 9.98. The lowest BCUT2D eigenvalue weighted by Crippen LogP contribution is -2.36. The number of rotatable bonds is 6. The topological polar surface area (TPSA) is 84.3 Å². The van der Waals surface area contributed by atoms with Crippen molar-refractivity contribution in [2.75, 3.05) is 18.0 Å². The van der Waals surface area contributed by atoms with Gasteiger partial charge in [-0.25, -0.2) is 4.68 Å². The van der Waals surface area contributed by atoms with Crippen LogP contribution in [0.3, 0.4) is 0 Å². The van der Waals surface area contributed by atoms with Crippen LogP contribution in [0.4, 0.5) is 5.69 Å². The van der Waals surface area contributed by atoms with Crippen LogP contribution < -0.4 is 15.8 Å². The van der Waals surface area contributed by atoms with Crippen LogP contribution in [0.1, 0.15) is 6.42 Å². The highest BCUT2D eigenvalue weighted by molar-refractivity contribution is 9.10. The Morgan fingerprint density at radius 1 is 1.06 bits per heavy atom. The number of aromatic nitrogens is 2. The Kier molecular flexibility index (Phi) is 6.27. The first-order chi connectivity index (χ1) is 15.0. The third-order valence-electron chi connectivity index (χ3n) is 5.17. The summed E-state index contributed by atoms with van der Waals surface area (Å²) >= 11 is 3.40. The van der Waals surface area contributed by atoms with E-state index < -0.39 is 5.92 Å². The van der Waals surface area contributed by atoms with Crippen LogP contribution in [0, 0.1) is 5.92 Å². The van der Waals surface area contributed by atoms with Crippen LogP contribution in [0.5, 0.6) is 0 Å². The number of anilines is 1. The number of halogens is 1. The van der Waals surface area contributed by atoms with E-state index in [9.17, 15) is 14.4 Å². The third kappa shape index (κ3) is 4.91. The Morgan fingerprint density at radius 3 is 2.65 bits per heavy atom. The summed E-state index contributed by atoms with van der Waals surface area (Å²) in [4.78, 5) is 38.7. The van der Waals surface area contributed by atoms with E-state index in [1.807, 2.05) is 54.6 Å². The molecule has 0 aliphatic carbocycles. The molecule has 2 amide bonds. The molecule has 7 nitrogen and oxygen atoms in total. The average molecular weight is 481 g/mol. The molecule has 2 aromatic carbocycles. The van der Waals surface area contributed by atoms with Crippen molar-refractivity contribution in [2.45, 2.75) is 13.0 Å². The van der Waals surface area contributed by atoms with Crippen molar-refractivity contribution >= 4 is 33.4 Å². The molecule has 31 heavy (non-hydrogen) atoms. The maximum Gasteiger partial charge on any atom is 0.266 e. The van der Waals surface area contributed by atoms with E-state index in [1.165, 1.54) is 10.7 Å². The molecular formula is C23H21BrN4O3. The molecule has 8 heteroatoms. The molecule has 1 unspecified atom stereocenters. The number of nitrogens with zero attached hydrogens (tertiary/aromatic N) is 3. The second kappa shape index (κ2) is 9.26. The minimum atomic E-state index is -0.424. The van der Waals surface area contributed by atoms with Crippen molar-refractivity contribution in [1.29, 1.82) is 0 Å². The lowest BCUT2D eigenvalue weighted by Gasteiger charge is -2.17. The van der Waals surface area contributed by atoms with Crippen LogP contribution in [0.2, 0.25) is 0 Å². The molecule has 2 heterocycles. The second-order valence-corrected chi connectivity index (χ2v) is 8.24. The molecule has 1 fully saturated rings. The van der Waals surface area contributed by atoms with Gasteiger partial charge in [0.15, 0.2) is 0 Å². The van der Waals surface area contributed by atoms with E-state index in [4.69, 9.17) is 0 Å². The molecule has 1 N–H and O–H groups in total. The molecule has 0 spiro atoms. The number of carbonyl (C=O) groups excluding carboxylic acids is 2. The Morgan fingerprint density at radius 2 is 1.87 bits per heavy atom. The number of hydrogen-bond acceptors (Lipinski definition) is 4. The van der Waals surface area contributed by atoms with Gasteiger partial charge in [-0.3, -0.25) is 14.4 Å². The van der Waals surface area contributed by atoms with Gasteiger partial charge in [0, 0.05) is 41.3 Å². The summed E-state index contributed by atoms with van der Waals surface area (Å²) < 4.78 is 2.22. The van der Waals surface area contributed by atoms with E-state index in [2.05, 4.69) is 26.3 Å². The predicted octanol–water partition coefficient (Wildman–Crippen LogP) is 2.84. The highest BCUT2D eigenvalue weighted by atomic mass is 79.9. The van der Waals surface area contributed by atoms with E-state index >= 15 is 0 Å². The summed E-state index contributed by atoms with van der Waals surface area (Å²) in [6.45, 7) is 0.843. The Bertz CT molecular complexity index is 1160. The summed E-state index contributed by atoms with van der Waals surface area (Å²) in [6, 6.07) is 20.2. The molecule has 0 saturated carbocycles. The van der Waals surface area contributed by atoms with Gasteiger partial charge >= 0.3 is 0 Å². The zero-order valence-electron chi connectivity index (χ0n) is 16.7. The molecule has 4 rings (SSSR count). The summed E-state index contributed by atoms with van der Waals surface area (Å²) in [5.41, 5.74) is 2.14. The lowest BCUT2D eigenvalue weighted by molar-refractivity contribution is -0.126. The molecule has 1 aliphatic heterocycles. The number of hydrogen-bond donors (Lipinski definition) is 1. The van der Waals surface area contributed by atoms with Crippen molar-refractivity contribution in [3.63, 3.8) is 0 Å². The molecule has 1 atom stereocenters. The second-order valence-electron chi connectivity index (χ2n) is 7.32. The van der Waals surface area contributed by atoms with Gasteiger partial charge in [-0.15, -0.1) is 0 Å². The van der Waals surface area contributed by atoms with Crippen molar-refractivity contribution in [3.05, 3.63) is 81.6 Å². The van der Waals surface area contributed by atoms with Gasteiger partial charge in [-0.05, 0) is 24.3 Å². The number of nitrogens with one attached hydrogen (secondary N) is 1. The molecule has 0 radical (unpaired) electrons. The standard InChI is InChI=1S/C23H21BrN4O3/c24-18-7-4-8-19(14-18)27-15-17(13-22(27)30)23(31)25-11-12-28-21(29)10-9-20(26-28)16-5-2-1-3-6-16/h1-10,14,17H,11-13,15H2,(H,25,31). The minimum absolute atomic E-state index is 0.0771. The number of carbonyl (C=O) groups is 2. The molecule has 1 aliphatic rings. The molecule has 1 saturated heterocycles. The van der Waals surface area contributed by atoms with E-state index in [1.54, 1.807) is 11.0 Å². The highest BCUT2D eigenvalue weighted by Gasteiger charge is 2.35. The van der Waals surface area contributed by atoms with E-state index in [0.717, 1.165) is 15.7 Å². The van der Waals surface area contributed by atoms with Gasteiger partial charge in [0.1, 0.15) is 0 Å². The molecule has 1 aromatic heterocycles. The SMILES string of the molecule is O=C(NCCn1nc(-c2ccccc2)ccc1=O)C1CC(=O)N(c2cccc(Br)c2)C1. The van der Waals surface area contributed by atoms with Crippen LogP contribution in [-0.4, -0.2) is 34.7 Å². The van der Waals surface area contributed by atoms with Gasteiger partial charge < -0.3 is 10.2 Å².